The Hall–Kier alpha value is -2.87. The number of urea groups is 1. The van der Waals surface area contributed by atoms with Crippen molar-refractivity contribution in [3.63, 3.8) is 0 Å². The van der Waals surface area contributed by atoms with Gasteiger partial charge in [0.2, 0.25) is 5.88 Å². The topological polar surface area (TPSA) is 106 Å². The van der Waals surface area contributed by atoms with E-state index in [0.29, 0.717) is 28.5 Å². The summed E-state index contributed by atoms with van der Waals surface area (Å²) in [4.78, 5) is 26.6. The van der Waals surface area contributed by atoms with Gasteiger partial charge in [-0.1, -0.05) is 11.6 Å². The van der Waals surface area contributed by atoms with Crippen LogP contribution in [-0.2, 0) is 0 Å². The van der Waals surface area contributed by atoms with Crippen LogP contribution in [0.25, 0.3) is 0 Å². The average Bonchev–Trinajstić information content (AvgIpc) is 2.51. The first-order valence-electron chi connectivity index (χ1n) is 6.86. The first-order chi connectivity index (χ1) is 11.3. The first kappa shape index (κ1) is 17.5. The molecule has 0 unspecified atom stereocenters. The molecule has 1 aromatic heterocycles. The van der Waals surface area contributed by atoms with E-state index in [-0.39, 0.29) is 10.7 Å². The van der Waals surface area contributed by atoms with Gasteiger partial charge in [-0.15, -0.1) is 0 Å². The summed E-state index contributed by atoms with van der Waals surface area (Å²) in [6, 6.07) is 5.36. The Labute approximate surface area is 142 Å². The summed E-state index contributed by atoms with van der Waals surface area (Å²) in [7, 11) is 1.50. The summed E-state index contributed by atoms with van der Waals surface area (Å²) >= 11 is 5.82. The van der Waals surface area contributed by atoms with Crippen molar-refractivity contribution >= 4 is 34.7 Å². The fourth-order valence-corrected chi connectivity index (χ4v) is 2.28. The Kier molecular flexibility index (Phi) is 5.20. The minimum absolute atomic E-state index is 0.0126. The molecule has 0 aliphatic rings. The van der Waals surface area contributed by atoms with Gasteiger partial charge in [-0.25, -0.2) is 9.78 Å². The van der Waals surface area contributed by atoms with Gasteiger partial charge < -0.3 is 15.4 Å². The van der Waals surface area contributed by atoms with Crippen molar-refractivity contribution in [1.29, 1.82) is 0 Å². The fraction of sp³-hybridized carbons (Fsp3) is 0.200. The van der Waals surface area contributed by atoms with Crippen molar-refractivity contribution < 1.29 is 14.5 Å². The minimum atomic E-state index is -0.609. The third kappa shape index (κ3) is 3.90. The van der Waals surface area contributed by atoms with Crippen molar-refractivity contribution in [3.05, 3.63) is 50.7 Å². The average molecular weight is 351 g/mol. The van der Waals surface area contributed by atoms with Gasteiger partial charge in [0, 0.05) is 12.1 Å². The number of hydrogen-bond donors (Lipinski definition) is 2. The number of nitrogens with zero attached hydrogens (tertiary/aromatic N) is 2. The van der Waals surface area contributed by atoms with Crippen LogP contribution in [0.3, 0.4) is 0 Å². The lowest BCUT2D eigenvalue weighted by atomic mass is 10.2. The number of carbonyl (C=O) groups excluding carboxylic acids is 1. The molecule has 0 spiro atoms. The number of nitro groups is 1. The van der Waals surface area contributed by atoms with E-state index in [0.717, 1.165) is 0 Å². The van der Waals surface area contributed by atoms with E-state index in [2.05, 4.69) is 15.6 Å². The number of aromatic nitrogens is 1. The molecule has 1 aromatic carbocycles. The highest BCUT2D eigenvalue weighted by atomic mass is 35.5. The fourth-order valence-electron chi connectivity index (χ4n) is 2.00. The van der Waals surface area contributed by atoms with Crippen LogP contribution < -0.4 is 15.4 Å². The Morgan fingerprint density at radius 1 is 1.25 bits per heavy atom. The molecule has 0 aliphatic carbocycles. The number of benzene rings is 1. The third-order valence-corrected chi connectivity index (χ3v) is 3.56. The summed E-state index contributed by atoms with van der Waals surface area (Å²) in [6.07, 6.45) is 0. The molecule has 0 radical (unpaired) electrons. The van der Waals surface area contributed by atoms with Gasteiger partial charge in [0.25, 0.3) is 5.69 Å². The SMILES string of the molecule is COc1ccc(NC(=O)Nc2cc([N+](=O)[O-])c(Cl)cc2C)c(C)n1. The maximum absolute atomic E-state index is 12.1. The van der Waals surface area contributed by atoms with E-state index < -0.39 is 11.0 Å². The second-order valence-electron chi connectivity index (χ2n) is 4.94. The number of anilines is 2. The molecule has 0 fully saturated rings. The normalized spacial score (nSPS) is 10.2. The van der Waals surface area contributed by atoms with Crippen LogP contribution in [0.2, 0.25) is 5.02 Å². The van der Waals surface area contributed by atoms with E-state index in [4.69, 9.17) is 16.3 Å². The van der Waals surface area contributed by atoms with Gasteiger partial charge in [0.15, 0.2) is 0 Å². The molecule has 126 valence electrons. The van der Waals surface area contributed by atoms with E-state index >= 15 is 0 Å². The molecule has 0 aliphatic heterocycles. The zero-order chi connectivity index (χ0) is 17.9. The molecule has 1 heterocycles. The molecular formula is C15H15ClN4O4. The third-order valence-electron chi connectivity index (χ3n) is 3.26. The Bertz CT molecular complexity index is 810. The summed E-state index contributed by atoms with van der Waals surface area (Å²) in [5.74, 6) is 0.433. The van der Waals surface area contributed by atoms with E-state index in [9.17, 15) is 14.9 Å². The number of carbonyl (C=O) groups is 1. The first-order valence-corrected chi connectivity index (χ1v) is 7.23. The maximum atomic E-state index is 12.1. The van der Waals surface area contributed by atoms with Crippen LogP contribution >= 0.6 is 11.6 Å². The number of hydrogen-bond acceptors (Lipinski definition) is 5. The summed E-state index contributed by atoms with van der Waals surface area (Å²) in [5.41, 5.74) is 1.69. The van der Waals surface area contributed by atoms with Gasteiger partial charge in [0.1, 0.15) is 5.02 Å². The zero-order valence-corrected chi connectivity index (χ0v) is 14.0. The predicted molar refractivity (Wildman–Crippen MR) is 91.0 cm³/mol. The molecule has 9 heteroatoms. The number of nitro benzene ring substituents is 1. The molecule has 0 atom stereocenters. The monoisotopic (exact) mass is 350 g/mol. The van der Waals surface area contributed by atoms with Crippen LogP contribution in [-0.4, -0.2) is 23.0 Å². The number of halogens is 1. The smallest absolute Gasteiger partial charge is 0.323 e. The molecule has 2 rings (SSSR count). The lowest BCUT2D eigenvalue weighted by molar-refractivity contribution is -0.384. The quantitative estimate of drug-likeness (QED) is 0.642. The lowest BCUT2D eigenvalue weighted by Gasteiger charge is -2.12. The summed E-state index contributed by atoms with van der Waals surface area (Å²) in [5, 5.41) is 16.1. The van der Waals surface area contributed by atoms with Crippen molar-refractivity contribution in [1.82, 2.24) is 4.98 Å². The van der Waals surface area contributed by atoms with Crippen molar-refractivity contribution in [3.8, 4) is 5.88 Å². The molecule has 0 saturated carbocycles. The Morgan fingerprint density at radius 2 is 1.92 bits per heavy atom. The van der Waals surface area contributed by atoms with Crippen molar-refractivity contribution in [2.75, 3.05) is 17.7 Å². The molecular weight excluding hydrogens is 336 g/mol. The van der Waals surface area contributed by atoms with Crippen LogP contribution in [0, 0.1) is 24.0 Å². The van der Waals surface area contributed by atoms with E-state index in [1.807, 2.05) is 0 Å². The minimum Gasteiger partial charge on any atom is -0.481 e. The van der Waals surface area contributed by atoms with E-state index in [1.165, 1.54) is 19.2 Å². The van der Waals surface area contributed by atoms with Gasteiger partial charge >= 0.3 is 6.03 Å². The van der Waals surface area contributed by atoms with Gasteiger partial charge in [-0.05, 0) is 31.5 Å². The molecule has 24 heavy (non-hydrogen) atoms. The van der Waals surface area contributed by atoms with Gasteiger partial charge in [0.05, 0.1) is 29.1 Å². The zero-order valence-electron chi connectivity index (χ0n) is 13.2. The lowest BCUT2D eigenvalue weighted by Crippen LogP contribution is -2.21. The van der Waals surface area contributed by atoms with Crippen molar-refractivity contribution in [2.45, 2.75) is 13.8 Å². The number of methoxy groups -OCH3 is 1. The molecule has 8 nitrogen and oxygen atoms in total. The van der Waals surface area contributed by atoms with Crippen molar-refractivity contribution in [2.24, 2.45) is 0 Å². The number of nitrogens with one attached hydrogen (secondary N) is 2. The maximum Gasteiger partial charge on any atom is 0.323 e. The van der Waals surface area contributed by atoms with Crippen LogP contribution in [0.1, 0.15) is 11.3 Å². The number of pyridine rings is 1. The number of ether oxygens (including phenoxy) is 1. The Morgan fingerprint density at radius 3 is 2.50 bits per heavy atom. The Balaban J connectivity index is 2.18. The van der Waals surface area contributed by atoms with Gasteiger partial charge in [-0.2, -0.15) is 0 Å². The van der Waals surface area contributed by atoms with Crippen LogP contribution in [0.5, 0.6) is 5.88 Å². The molecule has 2 N–H and O–H groups in total. The number of rotatable bonds is 4. The molecule has 0 bridgehead atoms. The molecule has 2 aromatic rings. The summed E-state index contributed by atoms with van der Waals surface area (Å²) in [6.45, 7) is 3.40. The predicted octanol–water partition coefficient (Wildman–Crippen LogP) is 3.91. The highest BCUT2D eigenvalue weighted by Gasteiger charge is 2.17. The molecule has 2 amide bonds. The highest BCUT2D eigenvalue weighted by molar-refractivity contribution is 6.32. The van der Waals surface area contributed by atoms with Crippen LogP contribution in [0.4, 0.5) is 21.9 Å². The second-order valence-corrected chi connectivity index (χ2v) is 5.35. The number of amides is 2. The van der Waals surface area contributed by atoms with E-state index in [1.54, 1.807) is 26.0 Å². The standard InChI is InChI=1S/C15H15ClN4O4/c1-8-6-10(16)13(20(22)23)7-12(8)19-15(21)18-11-4-5-14(24-3)17-9(11)2/h4-7H,1-3H3,(H2,18,19,21). The molecule has 0 saturated heterocycles. The second kappa shape index (κ2) is 7.14. The van der Waals surface area contributed by atoms with Gasteiger partial charge in [-0.3, -0.25) is 10.1 Å². The highest BCUT2D eigenvalue weighted by Crippen LogP contribution is 2.30. The number of aryl methyl sites for hydroxylation is 2. The largest absolute Gasteiger partial charge is 0.481 e. The summed E-state index contributed by atoms with van der Waals surface area (Å²) < 4.78 is 5.00. The van der Waals surface area contributed by atoms with Crippen LogP contribution in [0.15, 0.2) is 24.3 Å².